The number of phosphoric acid groups is 1. The van der Waals surface area contributed by atoms with E-state index in [0.29, 0.717) is 32.1 Å². The van der Waals surface area contributed by atoms with Crippen LogP contribution in [0.25, 0.3) is 0 Å². The van der Waals surface area contributed by atoms with Crippen LogP contribution in [-0.4, -0.2) is 88.1 Å². The SMILES string of the molecule is CCCCCCCC/C=C\CCCCCCCC(=O)O[C@H](COC(=O)CCC/C=C\C[C@H]1[C@@H](O)CC(=O)[C@@H]1/C=C/[C@@H](O)CCCCC)COP(=O)(O)OC[C@H](N)C(=O)O. The van der Waals surface area contributed by atoms with Gasteiger partial charge in [0.2, 0.25) is 0 Å². The number of esters is 2. The summed E-state index contributed by atoms with van der Waals surface area (Å²) in [6.45, 7) is 2.41. The van der Waals surface area contributed by atoms with E-state index in [-0.39, 0.29) is 31.0 Å². The molecule has 15 heteroatoms. The van der Waals surface area contributed by atoms with Gasteiger partial charge in [-0.15, -0.1) is 0 Å². The van der Waals surface area contributed by atoms with Crippen molar-refractivity contribution in [1.82, 2.24) is 0 Å². The lowest BCUT2D eigenvalue weighted by atomic mass is 9.90. The van der Waals surface area contributed by atoms with Crippen LogP contribution in [-0.2, 0) is 42.3 Å². The molecule has 59 heavy (non-hydrogen) atoms. The highest BCUT2D eigenvalue weighted by molar-refractivity contribution is 7.47. The standard InChI is InChI=1S/C44H76NO13P/c1-3-5-7-8-9-10-11-12-13-14-15-16-17-18-24-28-43(50)58-36(33-56-59(53,54)57-34-39(45)44(51)52)32-55-42(49)27-23-20-19-22-26-37-38(41(48)31-40(37)47)30-29-35(46)25-21-6-4-2/h12-13,19,22,29-30,35-40,46-47H,3-11,14-18,20-21,23-28,31-34,45H2,1-2H3,(H,51,52)(H,53,54)/b13-12-,22-19-,30-29+/t35-,36+,37+,38+,39-,40-/m0/s1. The predicted octanol–water partition coefficient (Wildman–Crippen LogP) is 8.20. The third-order valence-electron chi connectivity index (χ3n) is 10.2. The van der Waals surface area contributed by atoms with Gasteiger partial charge in [-0.05, 0) is 57.8 Å². The summed E-state index contributed by atoms with van der Waals surface area (Å²) in [5, 5.41) is 29.6. The first-order valence-electron chi connectivity index (χ1n) is 22.1. The predicted molar refractivity (Wildman–Crippen MR) is 227 cm³/mol. The molecule has 1 saturated carbocycles. The second-order valence-electron chi connectivity index (χ2n) is 15.6. The van der Waals surface area contributed by atoms with E-state index in [9.17, 15) is 38.8 Å². The average Bonchev–Trinajstić information content (AvgIpc) is 3.47. The molecule has 340 valence electrons. The van der Waals surface area contributed by atoms with Gasteiger partial charge in [0.25, 0.3) is 0 Å². The number of hydrogen-bond acceptors (Lipinski definition) is 12. The van der Waals surface area contributed by atoms with E-state index in [1.54, 1.807) is 12.2 Å². The molecule has 1 unspecified atom stereocenters. The molecule has 6 N–H and O–H groups in total. The number of phosphoric ester groups is 1. The first-order valence-corrected chi connectivity index (χ1v) is 23.6. The molecule has 1 rings (SSSR count). The molecule has 0 amide bonds. The maximum absolute atomic E-state index is 12.7. The molecule has 0 saturated heterocycles. The first-order chi connectivity index (χ1) is 28.3. The van der Waals surface area contributed by atoms with Crippen molar-refractivity contribution in [2.45, 2.75) is 186 Å². The van der Waals surface area contributed by atoms with E-state index >= 15 is 0 Å². The van der Waals surface area contributed by atoms with E-state index in [1.165, 1.54) is 38.5 Å². The number of hydrogen-bond donors (Lipinski definition) is 5. The summed E-state index contributed by atoms with van der Waals surface area (Å²) in [5.74, 6) is -3.43. The Morgan fingerprint density at radius 1 is 0.780 bits per heavy atom. The van der Waals surface area contributed by atoms with Gasteiger partial charge in [0.15, 0.2) is 6.10 Å². The van der Waals surface area contributed by atoms with E-state index < -0.39 is 75.8 Å². The van der Waals surface area contributed by atoms with Gasteiger partial charge in [0.05, 0.1) is 25.4 Å². The lowest BCUT2D eigenvalue weighted by Crippen LogP contribution is -2.34. The molecule has 14 nitrogen and oxygen atoms in total. The Hall–Kier alpha value is -2.71. The van der Waals surface area contributed by atoms with E-state index in [0.717, 1.165) is 57.8 Å². The van der Waals surface area contributed by atoms with Gasteiger partial charge in [-0.25, -0.2) is 4.57 Å². The molecule has 1 aliphatic carbocycles. The normalized spacial score (nSPS) is 19.7. The fourth-order valence-electron chi connectivity index (χ4n) is 6.63. The van der Waals surface area contributed by atoms with Crippen LogP contribution in [0.4, 0.5) is 0 Å². The second-order valence-corrected chi connectivity index (χ2v) is 17.1. The minimum Gasteiger partial charge on any atom is -0.480 e. The molecule has 0 aromatic rings. The lowest BCUT2D eigenvalue weighted by Gasteiger charge is -2.20. The van der Waals surface area contributed by atoms with Gasteiger partial charge in [-0.3, -0.25) is 28.2 Å². The number of carboxylic acid groups (broad SMARTS) is 1. The maximum Gasteiger partial charge on any atom is 0.472 e. The number of allylic oxidation sites excluding steroid dienone is 5. The summed E-state index contributed by atoms with van der Waals surface area (Å²) < 4.78 is 32.6. The Balaban J connectivity index is 2.51. The number of aliphatic hydroxyl groups is 2. The van der Waals surface area contributed by atoms with Crippen LogP contribution in [0.1, 0.15) is 162 Å². The fraction of sp³-hybridized carbons (Fsp3) is 0.773. The molecular formula is C44H76NO13P. The third-order valence-corrected chi connectivity index (χ3v) is 11.2. The highest BCUT2D eigenvalue weighted by atomic mass is 31.2. The van der Waals surface area contributed by atoms with Gasteiger partial charge in [-0.2, -0.15) is 0 Å². The molecular weight excluding hydrogens is 781 g/mol. The molecule has 0 radical (unpaired) electrons. The number of rotatable bonds is 37. The van der Waals surface area contributed by atoms with Crippen LogP contribution in [0.5, 0.6) is 0 Å². The number of ether oxygens (including phenoxy) is 2. The minimum absolute atomic E-state index is 0.0291. The van der Waals surface area contributed by atoms with Gasteiger partial charge in [0.1, 0.15) is 18.4 Å². The van der Waals surface area contributed by atoms with E-state index in [4.69, 9.17) is 24.8 Å². The summed E-state index contributed by atoms with van der Waals surface area (Å²) in [6, 6.07) is -1.56. The quantitative estimate of drug-likeness (QED) is 0.0172. The number of aliphatic hydroxyl groups excluding tert-OH is 2. The number of carbonyl (C=O) groups excluding carboxylic acids is 3. The average molecular weight is 858 g/mol. The Morgan fingerprint density at radius 3 is 2.00 bits per heavy atom. The number of carboxylic acids is 1. The molecule has 0 heterocycles. The largest absolute Gasteiger partial charge is 0.480 e. The van der Waals surface area contributed by atoms with Crippen molar-refractivity contribution in [2.75, 3.05) is 19.8 Å². The van der Waals surface area contributed by atoms with Crippen LogP contribution in [0.2, 0.25) is 0 Å². The fourth-order valence-corrected chi connectivity index (χ4v) is 7.41. The zero-order valence-electron chi connectivity index (χ0n) is 35.8. The minimum atomic E-state index is -4.78. The van der Waals surface area contributed by atoms with Crippen LogP contribution < -0.4 is 5.73 Å². The molecule has 1 fully saturated rings. The Labute approximate surface area is 353 Å². The van der Waals surface area contributed by atoms with Crippen LogP contribution in [0, 0.1) is 11.8 Å². The van der Waals surface area contributed by atoms with Gasteiger partial charge >= 0.3 is 25.7 Å². The monoisotopic (exact) mass is 858 g/mol. The van der Waals surface area contributed by atoms with Crippen molar-refractivity contribution < 1.29 is 62.5 Å². The summed E-state index contributed by atoms with van der Waals surface area (Å²) in [5.41, 5.74) is 5.32. The Bertz CT molecular complexity index is 1310. The van der Waals surface area contributed by atoms with Crippen LogP contribution in [0.15, 0.2) is 36.5 Å². The van der Waals surface area contributed by atoms with Gasteiger partial charge in [-0.1, -0.05) is 121 Å². The van der Waals surface area contributed by atoms with Crippen molar-refractivity contribution in [3.05, 3.63) is 36.5 Å². The van der Waals surface area contributed by atoms with Crippen molar-refractivity contribution in [3.63, 3.8) is 0 Å². The molecule has 0 bridgehead atoms. The van der Waals surface area contributed by atoms with Gasteiger partial charge in [0, 0.05) is 31.1 Å². The van der Waals surface area contributed by atoms with Crippen molar-refractivity contribution in [1.29, 1.82) is 0 Å². The smallest absolute Gasteiger partial charge is 0.472 e. The summed E-state index contributed by atoms with van der Waals surface area (Å²) >= 11 is 0. The number of unbranched alkanes of at least 4 members (excludes halogenated alkanes) is 14. The van der Waals surface area contributed by atoms with E-state index in [1.807, 2.05) is 12.2 Å². The number of nitrogens with two attached hydrogens (primary N) is 1. The molecule has 7 atom stereocenters. The Kier molecular flexibility index (Phi) is 31.2. The topological polar surface area (TPSA) is 229 Å². The highest BCUT2D eigenvalue weighted by Gasteiger charge is 2.39. The van der Waals surface area contributed by atoms with Gasteiger partial charge < -0.3 is 35.4 Å². The van der Waals surface area contributed by atoms with Crippen molar-refractivity contribution >= 4 is 31.5 Å². The molecule has 0 aromatic carbocycles. The van der Waals surface area contributed by atoms with Crippen LogP contribution >= 0.6 is 7.82 Å². The number of Topliss-reactive ketones (excluding diaryl/α,β-unsaturated/α-hetero) is 1. The molecule has 1 aliphatic rings. The number of aliphatic carboxylic acids is 1. The maximum atomic E-state index is 12.7. The number of carbonyl (C=O) groups is 4. The Morgan fingerprint density at radius 2 is 1.34 bits per heavy atom. The summed E-state index contributed by atoms with van der Waals surface area (Å²) in [4.78, 5) is 58.6. The molecule has 0 aliphatic heterocycles. The molecule has 0 spiro atoms. The first kappa shape index (κ1) is 54.3. The van der Waals surface area contributed by atoms with Crippen molar-refractivity contribution in [3.8, 4) is 0 Å². The summed E-state index contributed by atoms with van der Waals surface area (Å²) in [6.07, 6.45) is 28.6. The molecule has 0 aromatic heterocycles. The van der Waals surface area contributed by atoms with Crippen molar-refractivity contribution in [2.24, 2.45) is 17.6 Å². The lowest BCUT2D eigenvalue weighted by molar-refractivity contribution is -0.161. The zero-order chi connectivity index (χ0) is 43.7. The van der Waals surface area contributed by atoms with Crippen LogP contribution in [0.3, 0.4) is 0 Å². The number of ketones is 1. The second kappa shape index (κ2) is 33.9. The highest BCUT2D eigenvalue weighted by Crippen LogP contribution is 2.43. The third kappa shape index (κ3) is 28.4. The van der Waals surface area contributed by atoms with E-state index in [2.05, 4.69) is 30.5 Å². The zero-order valence-corrected chi connectivity index (χ0v) is 36.7. The summed E-state index contributed by atoms with van der Waals surface area (Å²) in [7, 11) is -4.78.